The molecule has 6 heteroatoms. The van der Waals surface area contributed by atoms with Crippen LogP contribution >= 0.6 is 0 Å². The van der Waals surface area contributed by atoms with Crippen LogP contribution < -0.4 is 5.73 Å². The quantitative estimate of drug-likeness (QED) is 0.648. The summed E-state index contributed by atoms with van der Waals surface area (Å²) in [5, 5.41) is 4.18. The van der Waals surface area contributed by atoms with Gasteiger partial charge in [0, 0.05) is 7.05 Å². The highest BCUT2D eigenvalue weighted by Gasteiger charge is 2.20. The fraction of sp³-hybridized carbons (Fsp3) is 0.692. The van der Waals surface area contributed by atoms with Gasteiger partial charge in [-0.15, -0.1) is 0 Å². The number of aryl methyl sites for hydroxylation is 2. The second kappa shape index (κ2) is 6.06. The van der Waals surface area contributed by atoms with Gasteiger partial charge >= 0.3 is 5.97 Å². The number of anilines is 1. The van der Waals surface area contributed by atoms with Crippen LogP contribution in [0.25, 0.3) is 0 Å². The Hall–Kier alpha value is -1.56. The van der Waals surface area contributed by atoms with Crippen molar-refractivity contribution in [3.63, 3.8) is 0 Å². The maximum absolute atomic E-state index is 11.9. The van der Waals surface area contributed by atoms with Gasteiger partial charge in [-0.1, -0.05) is 6.92 Å². The summed E-state index contributed by atoms with van der Waals surface area (Å²) < 4.78 is 12.1. The number of hydrogen-bond donors (Lipinski definition) is 1. The number of nitrogens with zero attached hydrogens (tertiary/aromatic N) is 2. The fourth-order valence-electron chi connectivity index (χ4n) is 1.65. The van der Waals surface area contributed by atoms with Gasteiger partial charge in [0.1, 0.15) is 6.61 Å². The number of nitrogen functional groups attached to an aromatic ring is 1. The summed E-state index contributed by atoms with van der Waals surface area (Å²) >= 11 is 0. The van der Waals surface area contributed by atoms with E-state index in [1.807, 2.05) is 27.7 Å². The number of carbonyl (C=O) groups excluding carboxylic acids is 1. The van der Waals surface area contributed by atoms with Crippen LogP contribution in [0.2, 0.25) is 0 Å². The summed E-state index contributed by atoms with van der Waals surface area (Å²) in [5.41, 5.74) is 7.03. The van der Waals surface area contributed by atoms with Crippen molar-refractivity contribution in [1.82, 2.24) is 9.78 Å². The Morgan fingerprint density at radius 2 is 2.00 bits per heavy atom. The maximum atomic E-state index is 11.9. The van der Waals surface area contributed by atoms with E-state index in [-0.39, 0.29) is 12.2 Å². The molecule has 108 valence electrons. The smallest absolute Gasteiger partial charge is 0.358 e. The second-order valence-electron chi connectivity index (χ2n) is 5.28. The molecule has 0 aliphatic heterocycles. The number of rotatable bonds is 5. The Labute approximate surface area is 113 Å². The minimum Gasteiger partial charge on any atom is -0.458 e. The third-order valence-corrected chi connectivity index (χ3v) is 2.54. The van der Waals surface area contributed by atoms with E-state index in [0.717, 1.165) is 0 Å². The molecule has 6 nitrogen and oxygen atoms in total. The van der Waals surface area contributed by atoms with Gasteiger partial charge in [0.15, 0.2) is 5.69 Å². The average Bonchev–Trinajstić information content (AvgIpc) is 2.58. The first-order valence-electron chi connectivity index (χ1n) is 6.38. The van der Waals surface area contributed by atoms with Crippen molar-refractivity contribution < 1.29 is 14.3 Å². The second-order valence-corrected chi connectivity index (χ2v) is 5.28. The lowest BCUT2D eigenvalue weighted by Crippen LogP contribution is -2.23. The topological polar surface area (TPSA) is 79.4 Å². The molecule has 0 bridgehead atoms. The third-order valence-electron chi connectivity index (χ3n) is 2.54. The normalized spacial score (nSPS) is 11.6. The van der Waals surface area contributed by atoms with E-state index in [1.54, 1.807) is 7.05 Å². The average molecular weight is 269 g/mol. The van der Waals surface area contributed by atoms with E-state index in [1.165, 1.54) is 4.68 Å². The monoisotopic (exact) mass is 269 g/mol. The fourth-order valence-corrected chi connectivity index (χ4v) is 1.65. The summed E-state index contributed by atoms with van der Waals surface area (Å²) in [6, 6.07) is 0. The molecule has 0 spiro atoms. The number of hydrogen-bond acceptors (Lipinski definition) is 5. The zero-order chi connectivity index (χ0) is 14.6. The Morgan fingerprint density at radius 3 is 2.47 bits per heavy atom. The van der Waals surface area contributed by atoms with Gasteiger partial charge in [-0.2, -0.15) is 5.10 Å². The SMILES string of the molecule is CCc1nn(C)c(C(=O)OCCOC(C)(C)C)c1N. The number of aromatic nitrogens is 2. The standard InChI is InChI=1S/C13H23N3O3/c1-6-9-10(14)11(16(5)15-9)12(17)18-7-8-19-13(2,3)4/h6-8,14H2,1-5H3. The van der Waals surface area contributed by atoms with Gasteiger partial charge in [0.25, 0.3) is 0 Å². The molecule has 2 N–H and O–H groups in total. The minimum atomic E-state index is -0.468. The summed E-state index contributed by atoms with van der Waals surface area (Å²) in [7, 11) is 1.68. The van der Waals surface area contributed by atoms with Gasteiger partial charge < -0.3 is 15.2 Å². The number of carbonyl (C=O) groups is 1. The molecule has 19 heavy (non-hydrogen) atoms. The largest absolute Gasteiger partial charge is 0.458 e. The number of ether oxygens (including phenoxy) is 2. The molecule has 0 aliphatic carbocycles. The summed E-state index contributed by atoms with van der Waals surface area (Å²) in [5.74, 6) is -0.468. The van der Waals surface area contributed by atoms with Crippen LogP contribution in [0, 0.1) is 0 Å². The highest BCUT2D eigenvalue weighted by molar-refractivity contribution is 5.93. The summed E-state index contributed by atoms with van der Waals surface area (Å²) in [4.78, 5) is 11.9. The molecule has 0 fully saturated rings. The first kappa shape index (κ1) is 15.5. The van der Waals surface area contributed by atoms with Gasteiger partial charge in [-0.3, -0.25) is 4.68 Å². The molecule has 0 aliphatic rings. The zero-order valence-corrected chi connectivity index (χ0v) is 12.3. The van der Waals surface area contributed by atoms with E-state index in [9.17, 15) is 4.79 Å². The van der Waals surface area contributed by atoms with E-state index in [2.05, 4.69) is 5.10 Å². The van der Waals surface area contributed by atoms with Gasteiger partial charge in [-0.05, 0) is 27.2 Å². The van der Waals surface area contributed by atoms with Crippen LogP contribution in [-0.4, -0.2) is 34.6 Å². The Morgan fingerprint density at radius 1 is 1.37 bits per heavy atom. The Kier molecular flexibility index (Phi) is 4.94. The molecule has 0 atom stereocenters. The highest BCUT2D eigenvalue weighted by atomic mass is 16.6. The van der Waals surface area contributed by atoms with Crippen LogP contribution in [0.5, 0.6) is 0 Å². The molecule has 0 aromatic carbocycles. The molecule has 1 heterocycles. The summed E-state index contributed by atoms with van der Waals surface area (Å²) in [6.07, 6.45) is 0.681. The Bertz CT molecular complexity index is 447. The van der Waals surface area contributed by atoms with E-state index >= 15 is 0 Å². The summed E-state index contributed by atoms with van der Waals surface area (Å²) in [6.45, 7) is 8.32. The number of esters is 1. The highest BCUT2D eigenvalue weighted by Crippen LogP contribution is 2.17. The minimum absolute atomic E-state index is 0.197. The molecule has 1 rings (SSSR count). The third kappa shape index (κ3) is 4.24. The van der Waals surface area contributed by atoms with Crippen molar-refractivity contribution in [2.75, 3.05) is 18.9 Å². The van der Waals surface area contributed by atoms with Crippen molar-refractivity contribution in [3.8, 4) is 0 Å². The molecule has 0 saturated carbocycles. The zero-order valence-electron chi connectivity index (χ0n) is 12.3. The van der Waals surface area contributed by atoms with Crippen molar-refractivity contribution in [1.29, 1.82) is 0 Å². The van der Waals surface area contributed by atoms with Gasteiger partial charge in [-0.25, -0.2) is 4.79 Å². The first-order valence-corrected chi connectivity index (χ1v) is 6.38. The predicted octanol–water partition coefficient (Wildman–Crippen LogP) is 1.54. The van der Waals surface area contributed by atoms with Gasteiger partial charge in [0.05, 0.1) is 23.6 Å². The van der Waals surface area contributed by atoms with Crippen molar-refractivity contribution >= 4 is 11.7 Å². The van der Waals surface area contributed by atoms with Crippen LogP contribution in [0.1, 0.15) is 43.9 Å². The van der Waals surface area contributed by atoms with Crippen molar-refractivity contribution in [2.24, 2.45) is 7.05 Å². The maximum Gasteiger partial charge on any atom is 0.358 e. The lowest BCUT2D eigenvalue weighted by Gasteiger charge is -2.19. The van der Waals surface area contributed by atoms with Crippen molar-refractivity contribution in [2.45, 2.75) is 39.7 Å². The van der Waals surface area contributed by atoms with Crippen LogP contribution in [0.4, 0.5) is 5.69 Å². The molecule has 0 amide bonds. The molecule has 0 saturated heterocycles. The van der Waals surface area contributed by atoms with Crippen LogP contribution in [0.3, 0.4) is 0 Å². The number of nitrogens with two attached hydrogens (primary N) is 1. The predicted molar refractivity (Wildman–Crippen MR) is 73.0 cm³/mol. The molecule has 0 radical (unpaired) electrons. The van der Waals surface area contributed by atoms with E-state index in [0.29, 0.717) is 30.1 Å². The molecular formula is C13H23N3O3. The molecule has 0 unspecified atom stereocenters. The molecule has 1 aromatic heterocycles. The Balaban J connectivity index is 2.57. The lowest BCUT2D eigenvalue weighted by molar-refractivity contribution is -0.0284. The van der Waals surface area contributed by atoms with E-state index in [4.69, 9.17) is 15.2 Å². The lowest BCUT2D eigenvalue weighted by atomic mass is 10.2. The first-order chi connectivity index (χ1) is 8.76. The van der Waals surface area contributed by atoms with Crippen LogP contribution in [0.15, 0.2) is 0 Å². The van der Waals surface area contributed by atoms with E-state index < -0.39 is 5.97 Å². The molecular weight excluding hydrogens is 246 g/mol. The van der Waals surface area contributed by atoms with Crippen molar-refractivity contribution in [3.05, 3.63) is 11.4 Å². The van der Waals surface area contributed by atoms with Crippen LogP contribution in [-0.2, 0) is 22.9 Å². The molecule has 1 aromatic rings. The van der Waals surface area contributed by atoms with Gasteiger partial charge in [0.2, 0.25) is 0 Å².